The van der Waals surface area contributed by atoms with Crippen LogP contribution in [0.2, 0.25) is 0 Å². The maximum absolute atomic E-state index is 12.2. The summed E-state index contributed by atoms with van der Waals surface area (Å²) in [5.41, 5.74) is 0.795. The van der Waals surface area contributed by atoms with Gasteiger partial charge in [-0.25, -0.2) is 4.79 Å². The highest BCUT2D eigenvalue weighted by atomic mass is 79.9. The summed E-state index contributed by atoms with van der Waals surface area (Å²) in [5, 5.41) is 3.55. The molecule has 0 spiro atoms. The van der Waals surface area contributed by atoms with E-state index in [4.69, 9.17) is 4.74 Å². The number of carbonyl (C=O) groups is 1. The molecule has 0 aromatic heterocycles. The monoisotopic (exact) mass is 368 g/mol. The molecule has 122 valence electrons. The Hall–Kier alpha value is -1.07. The van der Waals surface area contributed by atoms with Gasteiger partial charge in [-0.1, -0.05) is 34.1 Å². The molecule has 1 aromatic rings. The van der Waals surface area contributed by atoms with Gasteiger partial charge in [0.25, 0.3) is 0 Å². The van der Waals surface area contributed by atoms with Crippen LogP contribution in [0.15, 0.2) is 28.7 Å². The summed E-state index contributed by atoms with van der Waals surface area (Å²) < 4.78 is 6.57. The summed E-state index contributed by atoms with van der Waals surface area (Å²) in [5.74, 6) is 0. The van der Waals surface area contributed by atoms with E-state index in [0.717, 1.165) is 30.4 Å². The Bertz CT molecular complexity index is 514. The number of carbonyl (C=O) groups excluding carboxylic acids is 1. The van der Waals surface area contributed by atoms with Crippen molar-refractivity contribution in [1.29, 1.82) is 0 Å². The molecule has 1 heterocycles. The van der Waals surface area contributed by atoms with E-state index >= 15 is 0 Å². The van der Waals surface area contributed by atoms with Crippen LogP contribution in [-0.2, 0) is 11.3 Å². The minimum atomic E-state index is -0.438. The lowest BCUT2D eigenvalue weighted by Gasteiger charge is -2.34. The second-order valence-electron chi connectivity index (χ2n) is 6.74. The Kier molecular flexibility index (Phi) is 5.87. The summed E-state index contributed by atoms with van der Waals surface area (Å²) in [7, 11) is 0. The molecule has 22 heavy (non-hydrogen) atoms. The van der Waals surface area contributed by atoms with Crippen LogP contribution in [0.25, 0.3) is 0 Å². The maximum Gasteiger partial charge on any atom is 0.410 e. The fourth-order valence-corrected chi connectivity index (χ4v) is 2.96. The summed E-state index contributed by atoms with van der Waals surface area (Å²) in [6, 6.07) is 8.51. The Balaban J connectivity index is 1.86. The van der Waals surface area contributed by atoms with Crippen molar-refractivity contribution >= 4 is 22.0 Å². The van der Waals surface area contributed by atoms with E-state index in [-0.39, 0.29) is 6.09 Å². The van der Waals surface area contributed by atoms with Gasteiger partial charge in [-0.15, -0.1) is 0 Å². The van der Waals surface area contributed by atoms with E-state index in [1.165, 1.54) is 5.56 Å². The van der Waals surface area contributed by atoms with Crippen molar-refractivity contribution in [1.82, 2.24) is 10.2 Å². The molecule has 1 atom stereocenters. The minimum absolute atomic E-state index is 0.208. The first-order valence-electron chi connectivity index (χ1n) is 7.80. The molecule has 1 saturated heterocycles. The molecule has 1 aliphatic heterocycles. The standard InChI is InChI=1S/C17H25BrN2O2/c1-17(2,3)22-16(21)20-10-6-8-14(12-20)19-11-13-7-4-5-9-15(13)18/h4-5,7,9,14,19H,6,8,10-12H2,1-3H3/t14-/m0/s1. The van der Waals surface area contributed by atoms with Gasteiger partial charge in [-0.05, 0) is 45.2 Å². The molecule has 1 aromatic carbocycles. The predicted octanol–water partition coefficient (Wildman–Crippen LogP) is 3.94. The second kappa shape index (κ2) is 7.47. The van der Waals surface area contributed by atoms with Crippen LogP contribution < -0.4 is 5.32 Å². The normalized spacial score (nSPS) is 19.1. The lowest BCUT2D eigenvalue weighted by Crippen LogP contribution is -2.49. The van der Waals surface area contributed by atoms with Gasteiger partial charge in [-0.3, -0.25) is 0 Å². The fourth-order valence-electron chi connectivity index (χ4n) is 2.53. The third-order valence-electron chi connectivity index (χ3n) is 3.61. The first kappa shape index (κ1) is 17.3. The summed E-state index contributed by atoms with van der Waals surface area (Å²) in [6.07, 6.45) is 1.89. The van der Waals surface area contributed by atoms with Gasteiger partial charge in [-0.2, -0.15) is 0 Å². The van der Waals surface area contributed by atoms with Crippen molar-refractivity contribution in [3.63, 3.8) is 0 Å². The van der Waals surface area contributed by atoms with Crippen molar-refractivity contribution in [2.45, 2.75) is 51.8 Å². The molecular weight excluding hydrogens is 344 g/mol. The molecule has 0 bridgehead atoms. The molecule has 1 amide bonds. The highest BCUT2D eigenvalue weighted by Crippen LogP contribution is 2.18. The Morgan fingerprint density at radius 2 is 2.14 bits per heavy atom. The van der Waals surface area contributed by atoms with Crippen molar-refractivity contribution in [3.8, 4) is 0 Å². The van der Waals surface area contributed by atoms with Crippen LogP contribution in [0.3, 0.4) is 0 Å². The molecule has 4 nitrogen and oxygen atoms in total. The van der Waals surface area contributed by atoms with Gasteiger partial charge in [0.05, 0.1) is 0 Å². The zero-order valence-electron chi connectivity index (χ0n) is 13.6. The topological polar surface area (TPSA) is 41.6 Å². The Morgan fingerprint density at radius 3 is 2.82 bits per heavy atom. The summed E-state index contributed by atoms with van der Waals surface area (Å²) >= 11 is 3.56. The number of ether oxygens (including phenoxy) is 1. The number of piperidine rings is 1. The van der Waals surface area contributed by atoms with Crippen LogP contribution in [0.1, 0.15) is 39.2 Å². The zero-order valence-corrected chi connectivity index (χ0v) is 15.1. The van der Waals surface area contributed by atoms with Gasteiger partial charge in [0.2, 0.25) is 0 Å². The van der Waals surface area contributed by atoms with E-state index in [2.05, 4.69) is 27.3 Å². The van der Waals surface area contributed by atoms with E-state index in [1.807, 2.05) is 43.9 Å². The van der Waals surface area contributed by atoms with Crippen LogP contribution >= 0.6 is 15.9 Å². The first-order chi connectivity index (χ1) is 10.3. The number of nitrogens with zero attached hydrogens (tertiary/aromatic N) is 1. The Morgan fingerprint density at radius 1 is 1.41 bits per heavy atom. The van der Waals surface area contributed by atoms with Crippen LogP contribution in [0, 0.1) is 0 Å². The minimum Gasteiger partial charge on any atom is -0.444 e. The van der Waals surface area contributed by atoms with E-state index in [9.17, 15) is 4.79 Å². The van der Waals surface area contributed by atoms with Crippen LogP contribution in [0.4, 0.5) is 4.79 Å². The lowest BCUT2D eigenvalue weighted by molar-refractivity contribution is 0.0187. The van der Waals surface area contributed by atoms with Crippen molar-refractivity contribution in [3.05, 3.63) is 34.3 Å². The lowest BCUT2D eigenvalue weighted by atomic mass is 10.1. The molecule has 1 N–H and O–H groups in total. The summed E-state index contributed by atoms with van der Waals surface area (Å²) in [4.78, 5) is 14.0. The highest BCUT2D eigenvalue weighted by Gasteiger charge is 2.27. The molecule has 5 heteroatoms. The number of nitrogens with one attached hydrogen (secondary N) is 1. The number of hydrogen-bond donors (Lipinski definition) is 1. The maximum atomic E-state index is 12.2. The average Bonchev–Trinajstić information content (AvgIpc) is 2.45. The van der Waals surface area contributed by atoms with E-state index in [0.29, 0.717) is 12.6 Å². The fraction of sp³-hybridized carbons (Fsp3) is 0.588. The van der Waals surface area contributed by atoms with Crippen molar-refractivity contribution < 1.29 is 9.53 Å². The van der Waals surface area contributed by atoms with Crippen molar-refractivity contribution in [2.75, 3.05) is 13.1 Å². The van der Waals surface area contributed by atoms with E-state index in [1.54, 1.807) is 0 Å². The molecule has 0 aliphatic carbocycles. The zero-order chi connectivity index (χ0) is 16.2. The summed E-state index contributed by atoms with van der Waals surface area (Å²) in [6.45, 7) is 7.99. The predicted molar refractivity (Wildman–Crippen MR) is 91.8 cm³/mol. The molecule has 1 aliphatic rings. The van der Waals surface area contributed by atoms with Gasteiger partial charge in [0, 0.05) is 30.1 Å². The van der Waals surface area contributed by atoms with Gasteiger partial charge >= 0.3 is 6.09 Å². The molecular formula is C17H25BrN2O2. The molecule has 0 radical (unpaired) electrons. The molecule has 0 unspecified atom stereocenters. The SMILES string of the molecule is CC(C)(C)OC(=O)N1CCC[C@H](NCc2ccccc2Br)C1. The van der Waals surface area contributed by atoms with Gasteiger partial charge < -0.3 is 15.0 Å². The smallest absolute Gasteiger partial charge is 0.410 e. The van der Waals surface area contributed by atoms with Gasteiger partial charge in [0.15, 0.2) is 0 Å². The molecule has 2 rings (SSSR count). The van der Waals surface area contributed by atoms with E-state index < -0.39 is 5.60 Å². The van der Waals surface area contributed by atoms with Crippen molar-refractivity contribution in [2.24, 2.45) is 0 Å². The van der Waals surface area contributed by atoms with Crippen LogP contribution in [-0.4, -0.2) is 35.7 Å². The number of likely N-dealkylation sites (tertiary alicyclic amines) is 1. The highest BCUT2D eigenvalue weighted by molar-refractivity contribution is 9.10. The van der Waals surface area contributed by atoms with Crippen LogP contribution in [0.5, 0.6) is 0 Å². The molecule has 0 saturated carbocycles. The quantitative estimate of drug-likeness (QED) is 0.878. The number of rotatable bonds is 3. The first-order valence-corrected chi connectivity index (χ1v) is 8.59. The third-order valence-corrected chi connectivity index (χ3v) is 4.39. The third kappa shape index (κ3) is 5.29. The number of halogens is 1. The number of benzene rings is 1. The number of amides is 1. The largest absolute Gasteiger partial charge is 0.444 e. The number of hydrogen-bond acceptors (Lipinski definition) is 3. The second-order valence-corrected chi connectivity index (χ2v) is 7.59. The Labute approximate surface area is 141 Å². The van der Waals surface area contributed by atoms with Gasteiger partial charge in [0.1, 0.15) is 5.60 Å². The molecule has 1 fully saturated rings. The average molecular weight is 369 g/mol.